The van der Waals surface area contributed by atoms with Gasteiger partial charge in [-0.15, -0.1) is 11.8 Å². The number of hydrogen-bond acceptors (Lipinski definition) is 3. The van der Waals surface area contributed by atoms with Gasteiger partial charge >= 0.3 is 0 Å². The molecule has 0 unspecified atom stereocenters. The highest BCUT2D eigenvalue weighted by Crippen LogP contribution is 2.33. The van der Waals surface area contributed by atoms with E-state index in [0.29, 0.717) is 17.9 Å². The van der Waals surface area contributed by atoms with E-state index in [0.717, 1.165) is 24.6 Å². The number of amides is 1. The number of thioether (sulfide) groups is 1. The number of carbonyl (C=O) groups is 1. The Morgan fingerprint density at radius 2 is 2.20 bits per heavy atom. The number of likely N-dealkylation sites (tertiary alicyclic amines) is 1. The van der Waals surface area contributed by atoms with Gasteiger partial charge in [0.05, 0.1) is 6.04 Å². The number of nitrogens with zero attached hydrogens (tertiary/aromatic N) is 1. The van der Waals surface area contributed by atoms with Crippen LogP contribution in [0.1, 0.15) is 30.4 Å². The molecule has 0 aliphatic carbocycles. The molecule has 20 heavy (non-hydrogen) atoms. The smallest absolute Gasteiger partial charge is 0.240 e. The molecule has 3 nitrogen and oxygen atoms in total. The predicted octanol–water partition coefficient (Wildman–Crippen LogP) is 2.36. The van der Waals surface area contributed by atoms with E-state index >= 15 is 0 Å². The lowest BCUT2D eigenvalue weighted by Gasteiger charge is -2.24. The fraction of sp³-hybridized carbons (Fsp3) is 0.562. The molecule has 1 amide bonds. The maximum absolute atomic E-state index is 12.6. The van der Waals surface area contributed by atoms with Crippen molar-refractivity contribution in [2.45, 2.75) is 38.3 Å². The number of hydrogen-bond donors (Lipinski definition) is 1. The van der Waals surface area contributed by atoms with Crippen LogP contribution in [0.5, 0.6) is 0 Å². The summed E-state index contributed by atoms with van der Waals surface area (Å²) < 4.78 is 0. The van der Waals surface area contributed by atoms with Crippen LogP contribution in [0.4, 0.5) is 0 Å². The molecule has 1 aromatic rings. The standard InChI is InChI=1S/C16H22N2OS/c1-11-5-3-4-6-14(11)13-7-12(2)18(8-13)16(19)15-9-20-10-17-15/h3-6,12-13,15,17H,7-10H2,1-2H3/t12-,13-,15+/m1/s1. The fourth-order valence-corrected chi connectivity index (χ4v) is 4.30. The monoisotopic (exact) mass is 290 g/mol. The first kappa shape index (κ1) is 14.0. The highest BCUT2D eigenvalue weighted by atomic mass is 32.2. The molecule has 0 aromatic heterocycles. The number of rotatable bonds is 2. The Morgan fingerprint density at radius 1 is 1.40 bits per heavy atom. The van der Waals surface area contributed by atoms with Gasteiger partial charge in [-0.05, 0) is 31.4 Å². The van der Waals surface area contributed by atoms with Crippen molar-refractivity contribution in [2.75, 3.05) is 18.2 Å². The molecule has 4 heteroatoms. The Morgan fingerprint density at radius 3 is 2.90 bits per heavy atom. The molecule has 0 saturated carbocycles. The van der Waals surface area contributed by atoms with Crippen molar-refractivity contribution < 1.29 is 4.79 Å². The van der Waals surface area contributed by atoms with Crippen molar-refractivity contribution in [1.29, 1.82) is 0 Å². The normalized spacial score (nSPS) is 29.9. The van der Waals surface area contributed by atoms with Gasteiger partial charge < -0.3 is 4.90 Å². The minimum Gasteiger partial charge on any atom is -0.338 e. The molecule has 108 valence electrons. The third kappa shape index (κ3) is 2.59. The van der Waals surface area contributed by atoms with Gasteiger partial charge in [0.25, 0.3) is 0 Å². The minimum atomic E-state index is 0.0260. The third-order valence-electron chi connectivity index (χ3n) is 4.50. The predicted molar refractivity (Wildman–Crippen MR) is 84.0 cm³/mol. The Labute approximate surface area is 125 Å². The van der Waals surface area contributed by atoms with Gasteiger partial charge in [0.15, 0.2) is 0 Å². The Bertz CT molecular complexity index is 499. The van der Waals surface area contributed by atoms with Crippen molar-refractivity contribution in [3.05, 3.63) is 35.4 Å². The van der Waals surface area contributed by atoms with Gasteiger partial charge in [-0.25, -0.2) is 0 Å². The van der Waals surface area contributed by atoms with E-state index in [1.54, 1.807) is 0 Å². The zero-order valence-electron chi connectivity index (χ0n) is 12.1. The molecule has 2 aliphatic rings. The van der Waals surface area contributed by atoms with Crippen molar-refractivity contribution in [2.24, 2.45) is 0 Å². The van der Waals surface area contributed by atoms with E-state index in [1.807, 2.05) is 11.8 Å². The summed E-state index contributed by atoms with van der Waals surface area (Å²) >= 11 is 1.81. The summed E-state index contributed by atoms with van der Waals surface area (Å²) in [6, 6.07) is 8.94. The zero-order valence-corrected chi connectivity index (χ0v) is 13.0. The molecule has 0 spiro atoms. The third-order valence-corrected chi connectivity index (χ3v) is 5.44. The van der Waals surface area contributed by atoms with Crippen LogP contribution in [-0.4, -0.2) is 41.1 Å². The maximum Gasteiger partial charge on any atom is 0.240 e. The Balaban J connectivity index is 1.73. The molecule has 3 rings (SSSR count). The first-order valence-corrected chi connectivity index (χ1v) is 8.49. The summed E-state index contributed by atoms with van der Waals surface area (Å²) in [4.78, 5) is 14.7. The second-order valence-electron chi connectivity index (χ2n) is 5.90. The minimum absolute atomic E-state index is 0.0260. The molecule has 2 saturated heterocycles. The lowest BCUT2D eigenvalue weighted by atomic mass is 9.93. The van der Waals surface area contributed by atoms with E-state index in [9.17, 15) is 4.79 Å². The SMILES string of the molecule is Cc1ccccc1[C@@H]1C[C@@H](C)N(C(=O)[C@@H]2CSCN2)C1. The first-order valence-electron chi connectivity index (χ1n) is 7.34. The van der Waals surface area contributed by atoms with Crippen LogP contribution in [0, 0.1) is 6.92 Å². The van der Waals surface area contributed by atoms with Crippen molar-refractivity contribution >= 4 is 17.7 Å². The first-order chi connectivity index (χ1) is 9.66. The summed E-state index contributed by atoms with van der Waals surface area (Å²) in [5.74, 6) is 2.60. The molecule has 2 heterocycles. The molecule has 1 N–H and O–H groups in total. The summed E-state index contributed by atoms with van der Waals surface area (Å²) in [5, 5.41) is 3.29. The van der Waals surface area contributed by atoms with Crippen LogP contribution in [0.25, 0.3) is 0 Å². The largest absolute Gasteiger partial charge is 0.338 e. The Hall–Kier alpha value is -1.000. The highest BCUT2D eigenvalue weighted by molar-refractivity contribution is 7.99. The molecule has 3 atom stereocenters. The quantitative estimate of drug-likeness (QED) is 0.907. The average Bonchev–Trinajstić information content (AvgIpc) is 3.08. The Kier molecular flexibility index (Phi) is 4.03. The number of aryl methyl sites for hydroxylation is 1. The molecule has 2 aliphatic heterocycles. The van der Waals surface area contributed by atoms with Crippen LogP contribution in [0.3, 0.4) is 0 Å². The fourth-order valence-electron chi connectivity index (χ4n) is 3.36. The van der Waals surface area contributed by atoms with Gasteiger partial charge in [-0.1, -0.05) is 24.3 Å². The molecule has 1 aromatic carbocycles. The second-order valence-corrected chi connectivity index (χ2v) is 6.93. The van der Waals surface area contributed by atoms with Gasteiger partial charge in [-0.2, -0.15) is 0 Å². The summed E-state index contributed by atoms with van der Waals surface area (Å²) in [5.41, 5.74) is 2.75. The van der Waals surface area contributed by atoms with Crippen LogP contribution >= 0.6 is 11.8 Å². The van der Waals surface area contributed by atoms with Crippen LogP contribution in [-0.2, 0) is 4.79 Å². The van der Waals surface area contributed by atoms with Crippen LogP contribution in [0.15, 0.2) is 24.3 Å². The maximum atomic E-state index is 12.6. The number of benzene rings is 1. The van der Waals surface area contributed by atoms with Gasteiger partial charge in [0.2, 0.25) is 5.91 Å². The van der Waals surface area contributed by atoms with Crippen LogP contribution in [0.2, 0.25) is 0 Å². The lowest BCUT2D eigenvalue weighted by molar-refractivity contribution is -0.133. The summed E-state index contributed by atoms with van der Waals surface area (Å²) in [7, 11) is 0. The topological polar surface area (TPSA) is 32.3 Å². The van der Waals surface area contributed by atoms with Gasteiger partial charge in [0, 0.05) is 30.1 Å². The van der Waals surface area contributed by atoms with E-state index in [1.165, 1.54) is 11.1 Å². The van der Waals surface area contributed by atoms with Crippen LogP contribution < -0.4 is 5.32 Å². The van der Waals surface area contributed by atoms with E-state index < -0.39 is 0 Å². The van der Waals surface area contributed by atoms with Gasteiger partial charge in [-0.3, -0.25) is 10.1 Å². The van der Waals surface area contributed by atoms with Gasteiger partial charge in [0.1, 0.15) is 0 Å². The average molecular weight is 290 g/mol. The van der Waals surface area contributed by atoms with Crippen molar-refractivity contribution in [3.63, 3.8) is 0 Å². The summed E-state index contributed by atoms with van der Waals surface area (Å²) in [6.07, 6.45) is 1.08. The van der Waals surface area contributed by atoms with Crippen molar-refractivity contribution in [1.82, 2.24) is 10.2 Å². The van der Waals surface area contributed by atoms with E-state index in [-0.39, 0.29) is 6.04 Å². The lowest BCUT2D eigenvalue weighted by Crippen LogP contribution is -2.46. The molecule has 2 fully saturated rings. The highest BCUT2D eigenvalue weighted by Gasteiger charge is 2.37. The molecule has 0 radical (unpaired) electrons. The van der Waals surface area contributed by atoms with E-state index in [4.69, 9.17) is 0 Å². The molecule has 0 bridgehead atoms. The number of carbonyl (C=O) groups excluding carboxylic acids is 1. The second kappa shape index (κ2) is 5.78. The van der Waals surface area contributed by atoms with E-state index in [2.05, 4.69) is 48.3 Å². The van der Waals surface area contributed by atoms with Crippen molar-refractivity contribution in [3.8, 4) is 0 Å². The number of nitrogens with one attached hydrogen (secondary N) is 1. The molecular weight excluding hydrogens is 268 g/mol. The molecular formula is C16H22N2OS. The zero-order chi connectivity index (χ0) is 14.1. The summed E-state index contributed by atoms with van der Waals surface area (Å²) in [6.45, 7) is 5.21.